The van der Waals surface area contributed by atoms with E-state index in [0.717, 1.165) is 16.8 Å². The van der Waals surface area contributed by atoms with Gasteiger partial charge in [-0.05, 0) is 45.3 Å². The first-order valence-electron chi connectivity index (χ1n) is 6.58. The highest BCUT2D eigenvalue weighted by molar-refractivity contribution is 7.73. The van der Waals surface area contributed by atoms with Crippen LogP contribution in [0.3, 0.4) is 0 Å². The fourth-order valence-corrected chi connectivity index (χ4v) is 4.48. The molecule has 1 unspecified atom stereocenters. The largest absolute Gasteiger partial charge is 0.324 e. The van der Waals surface area contributed by atoms with Gasteiger partial charge in [-0.3, -0.25) is 0 Å². The number of aromatic nitrogens is 1. The van der Waals surface area contributed by atoms with Crippen LogP contribution in [0.25, 0.3) is 0 Å². The summed E-state index contributed by atoms with van der Waals surface area (Å²) < 4.78 is 3.37. The molecule has 0 amide bonds. The Morgan fingerprint density at radius 2 is 2.12 bits per heavy atom. The monoisotopic (exact) mass is 265 g/mol. The van der Waals surface area contributed by atoms with Gasteiger partial charge in [-0.1, -0.05) is 25.1 Å². The van der Waals surface area contributed by atoms with Crippen molar-refractivity contribution in [3.8, 4) is 0 Å². The van der Waals surface area contributed by atoms with Gasteiger partial charge >= 0.3 is 0 Å². The maximum absolute atomic E-state index is 6.19. The number of thiazole rings is 1. The number of rotatable bonds is 1. The molecular weight excluding hydrogens is 245 g/mol. The van der Waals surface area contributed by atoms with Crippen LogP contribution in [0.2, 0.25) is 5.82 Å². The quantitative estimate of drug-likeness (QED) is 0.535. The lowest BCUT2D eigenvalue weighted by molar-refractivity contribution is 0.557. The maximum atomic E-state index is 6.19. The molecule has 1 heterocycles. The third-order valence-electron chi connectivity index (χ3n) is 3.47. The molecule has 17 heavy (non-hydrogen) atoms. The van der Waals surface area contributed by atoms with Crippen molar-refractivity contribution in [2.24, 2.45) is 0 Å². The second-order valence-corrected chi connectivity index (χ2v) is 6.99. The van der Waals surface area contributed by atoms with E-state index in [1.165, 1.54) is 36.3 Å². The number of hydrogen-bond donors (Lipinski definition) is 0. The molecule has 0 bridgehead atoms. The molecule has 4 heteroatoms. The molecule has 2 rings (SSSR count). The fraction of sp³-hybridized carbons (Fsp3) is 0.769. The molecule has 0 saturated carbocycles. The Morgan fingerprint density at radius 1 is 1.35 bits per heavy atom. The molecule has 1 aromatic heterocycles. The Morgan fingerprint density at radius 3 is 2.82 bits per heavy atom. The zero-order valence-corrected chi connectivity index (χ0v) is 12.4. The minimum atomic E-state index is 0.320. The Hall–Kier alpha value is -0.0851. The topological polar surface area (TPSA) is 4.93 Å². The van der Waals surface area contributed by atoms with Crippen LogP contribution in [-0.2, 0) is 12.8 Å². The molecule has 0 fully saturated rings. The van der Waals surface area contributed by atoms with Crippen molar-refractivity contribution in [1.82, 2.24) is 4.57 Å². The van der Waals surface area contributed by atoms with Crippen molar-refractivity contribution in [2.75, 3.05) is 0 Å². The highest BCUT2D eigenvalue weighted by atomic mass is 32.1. The van der Waals surface area contributed by atoms with Crippen LogP contribution in [0.15, 0.2) is 0 Å². The van der Waals surface area contributed by atoms with Gasteiger partial charge in [-0.25, -0.2) is 0 Å². The minimum Gasteiger partial charge on any atom is -0.324 e. The van der Waals surface area contributed by atoms with Gasteiger partial charge in [-0.2, -0.15) is 0 Å². The molecule has 1 nitrogen and oxygen atoms in total. The predicted molar refractivity (Wildman–Crippen MR) is 78.9 cm³/mol. The molecule has 0 aromatic carbocycles. The lowest BCUT2D eigenvalue weighted by atomic mass is 9.80. The SMILES string of the molecule is [B]C1CCCCCc2c(sc(=S)n2C(C)C)C1. The van der Waals surface area contributed by atoms with Crippen LogP contribution in [0, 0.1) is 3.95 Å². The van der Waals surface area contributed by atoms with Crippen LogP contribution >= 0.6 is 23.6 Å². The first-order chi connectivity index (χ1) is 8.09. The molecule has 0 aliphatic heterocycles. The van der Waals surface area contributed by atoms with Crippen LogP contribution < -0.4 is 0 Å². The van der Waals surface area contributed by atoms with Crippen molar-refractivity contribution < 1.29 is 0 Å². The molecule has 92 valence electrons. The van der Waals surface area contributed by atoms with Gasteiger partial charge in [0.05, 0.1) is 7.85 Å². The summed E-state index contributed by atoms with van der Waals surface area (Å²) >= 11 is 7.28. The predicted octanol–water partition coefficient (Wildman–Crippen LogP) is 4.48. The number of nitrogens with zero attached hydrogens (tertiary/aromatic N) is 1. The maximum Gasteiger partial charge on any atom is 0.161 e. The van der Waals surface area contributed by atoms with E-state index in [1.54, 1.807) is 11.3 Å². The molecule has 2 radical (unpaired) electrons. The van der Waals surface area contributed by atoms with E-state index in [-0.39, 0.29) is 0 Å². The van der Waals surface area contributed by atoms with Crippen molar-refractivity contribution in [1.29, 1.82) is 0 Å². The zero-order valence-electron chi connectivity index (χ0n) is 10.7. The second kappa shape index (κ2) is 5.70. The van der Waals surface area contributed by atoms with Gasteiger partial charge in [0.15, 0.2) is 3.95 Å². The normalized spacial score (nSPS) is 21.7. The summed E-state index contributed by atoms with van der Waals surface area (Å²) in [4.78, 5) is 1.44. The van der Waals surface area contributed by atoms with Gasteiger partial charge in [0.25, 0.3) is 0 Å². The van der Waals surface area contributed by atoms with Crippen LogP contribution in [0.5, 0.6) is 0 Å². The van der Waals surface area contributed by atoms with Crippen molar-refractivity contribution >= 4 is 31.4 Å². The van der Waals surface area contributed by atoms with E-state index in [9.17, 15) is 0 Å². The fourth-order valence-electron chi connectivity index (χ4n) is 2.62. The van der Waals surface area contributed by atoms with Crippen molar-refractivity contribution in [3.63, 3.8) is 0 Å². The lowest BCUT2D eigenvalue weighted by Gasteiger charge is -2.14. The van der Waals surface area contributed by atoms with Crippen molar-refractivity contribution in [2.45, 2.75) is 64.2 Å². The average Bonchev–Trinajstić information content (AvgIpc) is 2.56. The van der Waals surface area contributed by atoms with E-state index >= 15 is 0 Å². The highest BCUT2D eigenvalue weighted by Gasteiger charge is 2.17. The molecule has 1 aliphatic carbocycles. The molecule has 0 spiro atoms. The first kappa shape index (κ1) is 13.3. The summed E-state index contributed by atoms with van der Waals surface area (Å²) in [5.74, 6) is 0.320. The molecule has 1 aliphatic rings. The molecule has 0 N–H and O–H groups in total. The summed E-state index contributed by atoms with van der Waals surface area (Å²) in [7, 11) is 6.19. The Balaban J connectivity index is 2.40. The third-order valence-corrected chi connectivity index (χ3v) is 4.94. The average molecular weight is 265 g/mol. The van der Waals surface area contributed by atoms with E-state index in [1.807, 2.05) is 0 Å². The van der Waals surface area contributed by atoms with Gasteiger partial charge in [0.1, 0.15) is 0 Å². The Labute approximate surface area is 115 Å². The first-order valence-corrected chi connectivity index (χ1v) is 7.80. The summed E-state index contributed by atoms with van der Waals surface area (Å²) in [5.41, 5.74) is 1.47. The van der Waals surface area contributed by atoms with Gasteiger partial charge in [0, 0.05) is 16.6 Å². The van der Waals surface area contributed by atoms with Gasteiger partial charge in [0.2, 0.25) is 0 Å². The van der Waals surface area contributed by atoms with E-state index in [0.29, 0.717) is 11.9 Å². The lowest BCUT2D eigenvalue weighted by Crippen LogP contribution is -2.07. The molecular formula is C13H20BNS2. The summed E-state index contributed by atoms with van der Waals surface area (Å²) in [6.45, 7) is 4.44. The van der Waals surface area contributed by atoms with Gasteiger partial charge < -0.3 is 4.57 Å². The second-order valence-electron chi connectivity index (χ2n) is 5.27. The smallest absolute Gasteiger partial charge is 0.161 e. The van der Waals surface area contributed by atoms with E-state index in [2.05, 4.69) is 18.4 Å². The van der Waals surface area contributed by atoms with E-state index < -0.39 is 0 Å². The summed E-state index contributed by atoms with van der Waals surface area (Å²) in [5, 5.41) is 0. The van der Waals surface area contributed by atoms with Crippen LogP contribution in [0.4, 0.5) is 0 Å². The zero-order chi connectivity index (χ0) is 12.4. The highest BCUT2D eigenvalue weighted by Crippen LogP contribution is 2.31. The number of fused-ring (bicyclic) bond motifs is 1. The Kier molecular flexibility index (Phi) is 4.48. The summed E-state index contributed by atoms with van der Waals surface area (Å²) in [6, 6.07) is 0.472. The van der Waals surface area contributed by atoms with Crippen LogP contribution in [-0.4, -0.2) is 12.4 Å². The third kappa shape index (κ3) is 3.03. The Bertz CT molecular complexity index is 433. The minimum absolute atomic E-state index is 0.320. The summed E-state index contributed by atoms with van der Waals surface area (Å²) in [6.07, 6.45) is 7.20. The van der Waals surface area contributed by atoms with Gasteiger partial charge in [-0.15, -0.1) is 11.3 Å². The molecule has 0 saturated heterocycles. The molecule has 1 aromatic rings. The van der Waals surface area contributed by atoms with Crippen molar-refractivity contribution in [3.05, 3.63) is 14.5 Å². The number of hydrogen-bond acceptors (Lipinski definition) is 2. The van der Waals surface area contributed by atoms with Crippen LogP contribution in [0.1, 0.15) is 56.1 Å². The standard InChI is InChI=1S/C13H20BNS2/c1-9(2)15-11-7-5-3-4-6-10(14)8-12(11)17-13(15)16/h9-10H,3-8H2,1-2H3. The van der Waals surface area contributed by atoms with E-state index in [4.69, 9.17) is 20.1 Å². The molecule has 1 atom stereocenters.